The number of ether oxygens (including phenoxy) is 1. The van der Waals surface area contributed by atoms with E-state index in [2.05, 4.69) is 0 Å². The molecule has 1 atom stereocenters. The Bertz CT molecular complexity index is 238. The Morgan fingerprint density at radius 2 is 1.92 bits per heavy atom. The fourth-order valence-electron chi connectivity index (χ4n) is 0.962. The van der Waals surface area contributed by atoms with Gasteiger partial charge in [-0.2, -0.15) is 0 Å². The van der Waals surface area contributed by atoms with Crippen LogP contribution in [0.3, 0.4) is 0 Å². The molecule has 0 radical (unpaired) electrons. The molecule has 3 nitrogen and oxygen atoms in total. The number of halogens is 1. The van der Waals surface area contributed by atoms with Crippen molar-refractivity contribution in [3.63, 3.8) is 0 Å². The van der Waals surface area contributed by atoms with Gasteiger partial charge in [0, 0.05) is 6.54 Å². The van der Waals surface area contributed by atoms with Crippen LogP contribution in [0.15, 0.2) is 24.3 Å². The fourth-order valence-corrected chi connectivity index (χ4v) is 0.962. The molecule has 1 aromatic carbocycles. The van der Waals surface area contributed by atoms with Gasteiger partial charge in [0.25, 0.3) is 0 Å². The Hall–Kier alpha value is -0.770. The van der Waals surface area contributed by atoms with Gasteiger partial charge in [0.1, 0.15) is 5.75 Å². The van der Waals surface area contributed by atoms with E-state index >= 15 is 0 Å². The quantitative estimate of drug-likeness (QED) is 0.774. The molecular weight excluding hydrogens is 190 g/mol. The van der Waals surface area contributed by atoms with Crippen molar-refractivity contribution in [2.45, 2.75) is 6.10 Å². The Labute approximate surface area is 83.9 Å². The largest absolute Gasteiger partial charge is 0.497 e. The van der Waals surface area contributed by atoms with E-state index in [4.69, 9.17) is 10.5 Å². The highest BCUT2D eigenvalue weighted by Crippen LogP contribution is 2.16. The highest BCUT2D eigenvalue weighted by molar-refractivity contribution is 5.85. The number of hydrogen-bond acceptors (Lipinski definition) is 3. The summed E-state index contributed by atoms with van der Waals surface area (Å²) in [4.78, 5) is 0. The minimum atomic E-state index is -0.573. The molecule has 0 heterocycles. The average molecular weight is 204 g/mol. The lowest BCUT2D eigenvalue weighted by Crippen LogP contribution is -2.11. The molecule has 0 amide bonds. The number of methoxy groups -OCH3 is 1. The number of aliphatic hydroxyl groups is 1. The number of hydrogen-bond donors (Lipinski definition) is 2. The zero-order valence-electron chi connectivity index (χ0n) is 7.43. The maximum Gasteiger partial charge on any atom is 0.118 e. The van der Waals surface area contributed by atoms with Gasteiger partial charge in [0.15, 0.2) is 0 Å². The van der Waals surface area contributed by atoms with Crippen molar-refractivity contribution in [3.05, 3.63) is 29.8 Å². The summed E-state index contributed by atoms with van der Waals surface area (Å²) in [5.74, 6) is 0.781. The highest BCUT2D eigenvalue weighted by Gasteiger charge is 2.03. The van der Waals surface area contributed by atoms with Crippen LogP contribution in [0.2, 0.25) is 0 Å². The first-order chi connectivity index (χ1) is 5.77. The first-order valence-electron chi connectivity index (χ1n) is 3.80. The topological polar surface area (TPSA) is 55.5 Å². The minimum Gasteiger partial charge on any atom is -0.497 e. The van der Waals surface area contributed by atoms with Crippen molar-refractivity contribution in [3.8, 4) is 5.75 Å². The van der Waals surface area contributed by atoms with E-state index in [-0.39, 0.29) is 19.0 Å². The molecule has 4 heteroatoms. The second kappa shape index (κ2) is 5.80. The summed E-state index contributed by atoms with van der Waals surface area (Å²) in [5, 5.41) is 9.33. The smallest absolute Gasteiger partial charge is 0.118 e. The van der Waals surface area contributed by atoms with E-state index in [1.54, 1.807) is 31.4 Å². The fraction of sp³-hybridized carbons (Fsp3) is 0.333. The molecule has 0 fully saturated rings. The molecule has 74 valence electrons. The van der Waals surface area contributed by atoms with E-state index in [1.165, 1.54) is 0 Å². The molecule has 3 N–H and O–H groups in total. The lowest BCUT2D eigenvalue weighted by Gasteiger charge is -2.07. The summed E-state index contributed by atoms with van der Waals surface area (Å²) in [6.45, 7) is 0.242. The molecule has 0 saturated heterocycles. The van der Waals surface area contributed by atoms with Crippen LogP contribution in [-0.2, 0) is 0 Å². The minimum absolute atomic E-state index is 0. The van der Waals surface area contributed by atoms with Crippen molar-refractivity contribution in [1.82, 2.24) is 0 Å². The second-order valence-corrected chi connectivity index (χ2v) is 2.52. The lowest BCUT2D eigenvalue weighted by atomic mass is 10.1. The highest BCUT2D eigenvalue weighted by atomic mass is 35.5. The standard InChI is InChI=1S/C9H13NO2.ClH/c1-12-8-4-2-7(3-5-8)9(11)6-10;/h2-5,9,11H,6,10H2,1H3;1H/t9-;/m1./s1. The van der Waals surface area contributed by atoms with Gasteiger partial charge in [-0.15, -0.1) is 12.4 Å². The molecule has 0 aliphatic heterocycles. The Kier molecular flexibility index (Phi) is 5.46. The van der Waals surface area contributed by atoms with Crippen LogP contribution in [-0.4, -0.2) is 18.8 Å². The first kappa shape index (κ1) is 12.2. The zero-order valence-corrected chi connectivity index (χ0v) is 8.25. The summed E-state index contributed by atoms with van der Waals surface area (Å²) in [7, 11) is 1.61. The van der Waals surface area contributed by atoms with Gasteiger partial charge in [0.05, 0.1) is 13.2 Å². The zero-order chi connectivity index (χ0) is 8.97. The summed E-state index contributed by atoms with van der Waals surface area (Å²) in [6.07, 6.45) is -0.573. The SMILES string of the molecule is COc1ccc([C@H](O)CN)cc1.Cl. The van der Waals surface area contributed by atoms with Gasteiger partial charge in [-0.1, -0.05) is 12.1 Å². The number of aliphatic hydroxyl groups excluding tert-OH is 1. The average Bonchev–Trinajstić information content (AvgIpc) is 2.17. The van der Waals surface area contributed by atoms with Crippen LogP contribution < -0.4 is 10.5 Å². The molecule has 0 saturated carbocycles. The molecule has 0 spiro atoms. The van der Waals surface area contributed by atoms with E-state index < -0.39 is 6.10 Å². The van der Waals surface area contributed by atoms with Gasteiger partial charge >= 0.3 is 0 Å². The van der Waals surface area contributed by atoms with Crippen LogP contribution in [0.1, 0.15) is 11.7 Å². The van der Waals surface area contributed by atoms with Crippen molar-refractivity contribution in [2.24, 2.45) is 5.73 Å². The van der Waals surface area contributed by atoms with Crippen LogP contribution >= 0.6 is 12.4 Å². The van der Waals surface area contributed by atoms with E-state index in [1.807, 2.05) is 0 Å². The van der Waals surface area contributed by atoms with Gasteiger partial charge in [0.2, 0.25) is 0 Å². The Morgan fingerprint density at radius 1 is 1.38 bits per heavy atom. The second-order valence-electron chi connectivity index (χ2n) is 2.52. The van der Waals surface area contributed by atoms with E-state index in [9.17, 15) is 5.11 Å². The predicted octanol–water partition coefficient (Wildman–Crippen LogP) is 1.11. The third-order valence-electron chi connectivity index (χ3n) is 1.72. The summed E-state index contributed by atoms with van der Waals surface area (Å²) < 4.78 is 4.97. The summed E-state index contributed by atoms with van der Waals surface area (Å²) in [5.41, 5.74) is 6.11. The van der Waals surface area contributed by atoms with Gasteiger partial charge < -0.3 is 15.6 Å². The van der Waals surface area contributed by atoms with E-state index in [0.717, 1.165) is 11.3 Å². The van der Waals surface area contributed by atoms with Crippen molar-refractivity contribution >= 4 is 12.4 Å². The predicted molar refractivity (Wildman–Crippen MR) is 54.3 cm³/mol. The monoisotopic (exact) mass is 203 g/mol. The molecule has 0 aliphatic carbocycles. The maximum atomic E-state index is 9.33. The molecule has 0 bridgehead atoms. The van der Waals surface area contributed by atoms with Crippen molar-refractivity contribution in [2.75, 3.05) is 13.7 Å². The van der Waals surface area contributed by atoms with Crippen molar-refractivity contribution in [1.29, 1.82) is 0 Å². The summed E-state index contributed by atoms with van der Waals surface area (Å²) in [6, 6.07) is 7.20. The Morgan fingerprint density at radius 3 is 2.31 bits per heavy atom. The molecule has 13 heavy (non-hydrogen) atoms. The maximum absolute atomic E-state index is 9.33. The van der Waals surface area contributed by atoms with Crippen molar-refractivity contribution < 1.29 is 9.84 Å². The normalized spacial score (nSPS) is 11.6. The third-order valence-corrected chi connectivity index (χ3v) is 1.72. The number of nitrogens with two attached hydrogens (primary N) is 1. The molecule has 0 unspecified atom stereocenters. The summed E-state index contributed by atoms with van der Waals surface area (Å²) >= 11 is 0. The van der Waals surface area contributed by atoms with Gasteiger partial charge in [-0.25, -0.2) is 0 Å². The number of benzene rings is 1. The first-order valence-corrected chi connectivity index (χ1v) is 3.80. The lowest BCUT2D eigenvalue weighted by molar-refractivity contribution is 0.186. The third kappa shape index (κ3) is 3.22. The Balaban J connectivity index is 0.00000144. The number of rotatable bonds is 3. The van der Waals surface area contributed by atoms with Gasteiger partial charge in [-0.3, -0.25) is 0 Å². The van der Waals surface area contributed by atoms with Gasteiger partial charge in [-0.05, 0) is 17.7 Å². The molecular formula is C9H14ClNO2. The molecule has 0 aliphatic rings. The van der Waals surface area contributed by atoms with E-state index in [0.29, 0.717) is 0 Å². The van der Waals surface area contributed by atoms with Crippen LogP contribution in [0.25, 0.3) is 0 Å². The van der Waals surface area contributed by atoms with Crippen LogP contribution in [0, 0.1) is 0 Å². The molecule has 1 rings (SSSR count). The molecule has 1 aromatic rings. The van der Waals surface area contributed by atoms with Crippen LogP contribution in [0.5, 0.6) is 5.75 Å². The molecule has 0 aromatic heterocycles. The van der Waals surface area contributed by atoms with Crippen LogP contribution in [0.4, 0.5) is 0 Å².